The van der Waals surface area contributed by atoms with Gasteiger partial charge < -0.3 is 9.79 Å². The van der Waals surface area contributed by atoms with E-state index in [-0.39, 0.29) is 0 Å². The Balaban J connectivity index is 2.22. The molecule has 0 amide bonds. The van der Waals surface area contributed by atoms with Crippen molar-refractivity contribution < 1.29 is 14.4 Å². The second kappa shape index (κ2) is 6.38. The quantitative estimate of drug-likeness (QED) is 0.575. The maximum Gasteiger partial charge on any atom is 0.346 e. The summed E-state index contributed by atoms with van der Waals surface area (Å²) in [6.45, 7) is 0.352. The second-order valence-corrected chi connectivity index (χ2v) is 6.18. The first-order chi connectivity index (χ1) is 9.48. The van der Waals surface area contributed by atoms with Crippen LogP contribution in [0.4, 0.5) is 0 Å². The van der Waals surface area contributed by atoms with E-state index in [1.54, 1.807) is 24.3 Å². The fourth-order valence-electron chi connectivity index (χ4n) is 1.98. The van der Waals surface area contributed by atoms with E-state index in [4.69, 9.17) is 7.85 Å². The SMILES string of the molecule is [B]c1ccccc1C(NCc1ccccc1)P(=O)(O)O. The average Bonchev–Trinajstić information content (AvgIpc) is 2.41. The van der Waals surface area contributed by atoms with Crippen LogP contribution in [0.15, 0.2) is 54.6 Å². The Hall–Kier alpha value is -1.39. The molecule has 0 aliphatic heterocycles. The van der Waals surface area contributed by atoms with Gasteiger partial charge in [-0.3, -0.25) is 9.88 Å². The van der Waals surface area contributed by atoms with Crippen LogP contribution in [-0.2, 0) is 11.1 Å². The summed E-state index contributed by atoms with van der Waals surface area (Å²) in [5.74, 6) is -1.11. The Morgan fingerprint density at radius 1 is 1.05 bits per heavy atom. The lowest BCUT2D eigenvalue weighted by atomic mass is 9.90. The smallest absolute Gasteiger partial charge is 0.323 e. The molecule has 4 nitrogen and oxygen atoms in total. The molecule has 0 aliphatic rings. The third-order valence-electron chi connectivity index (χ3n) is 2.97. The normalized spacial score (nSPS) is 13.1. The van der Waals surface area contributed by atoms with E-state index in [2.05, 4.69) is 5.32 Å². The van der Waals surface area contributed by atoms with Crippen molar-refractivity contribution in [2.24, 2.45) is 0 Å². The van der Waals surface area contributed by atoms with Crippen molar-refractivity contribution in [2.75, 3.05) is 0 Å². The Morgan fingerprint density at radius 3 is 2.25 bits per heavy atom. The summed E-state index contributed by atoms with van der Waals surface area (Å²) >= 11 is 0. The predicted molar refractivity (Wildman–Crippen MR) is 79.9 cm³/mol. The van der Waals surface area contributed by atoms with Crippen molar-refractivity contribution in [3.63, 3.8) is 0 Å². The number of benzene rings is 2. The maximum atomic E-state index is 11.7. The molecular formula is C14H15BNO3P. The van der Waals surface area contributed by atoms with Crippen LogP contribution < -0.4 is 10.8 Å². The van der Waals surface area contributed by atoms with Crippen molar-refractivity contribution in [3.8, 4) is 0 Å². The number of hydrogen-bond donors (Lipinski definition) is 3. The van der Waals surface area contributed by atoms with Gasteiger partial charge in [0.25, 0.3) is 0 Å². The zero-order valence-electron chi connectivity index (χ0n) is 10.8. The molecule has 2 aromatic carbocycles. The molecule has 0 fully saturated rings. The highest BCUT2D eigenvalue weighted by molar-refractivity contribution is 7.52. The molecule has 6 heteroatoms. The lowest BCUT2D eigenvalue weighted by Gasteiger charge is -2.22. The summed E-state index contributed by atoms with van der Waals surface area (Å²) in [4.78, 5) is 19.1. The van der Waals surface area contributed by atoms with Crippen LogP contribution in [0.5, 0.6) is 0 Å². The van der Waals surface area contributed by atoms with Gasteiger partial charge in [0, 0.05) is 6.54 Å². The third-order valence-corrected chi connectivity index (χ3v) is 4.10. The molecule has 3 N–H and O–H groups in total. The summed E-state index contributed by atoms with van der Waals surface area (Å²) < 4.78 is 11.7. The molecule has 0 aromatic heterocycles. The summed E-state index contributed by atoms with van der Waals surface area (Å²) in [5.41, 5.74) is 1.72. The van der Waals surface area contributed by atoms with E-state index in [0.29, 0.717) is 17.6 Å². The van der Waals surface area contributed by atoms with Gasteiger partial charge in [-0.2, -0.15) is 0 Å². The zero-order valence-corrected chi connectivity index (χ0v) is 11.7. The monoisotopic (exact) mass is 287 g/mol. The molecule has 2 aromatic rings. The van der Waals surface area contributed by atoms with Crippen LogP contribution in [0.25, 0.3) is 0 Å². The van der Waals surface area contributed by atoms with Crippen LogP contribution in [0, 0.1) is 0 Å². The van der Waals surface area contributed by atoms with Gasteiger partial charge in [-0.05, 0) is 11.1 Å². The molecule has 0 bridgehead atoms. The Kier molecular flexibility index (Phi) is 4.79. The van der Waals surface area contributed by atoms with Crippen molar-refractivity contribution in [1.29, 1.82) is 0 Å². The second-order valence-electron chi connectivity index (χ2n) is 4.49. The molecule has 0 saturated heterocycles. The van der Waals surface area contributed by atoms with E-state index < -0.39 is 13.4 Å². The van der Waals surface area contributed by atoms with Gasteiger partial charge in [0.1, 0.15) is 13.6 Å². The Morgan fingerprint density at radius 2 is 1.65 bits per heavy atom. The summed E-state index contributed by atoms with van der Waals surface area (Å²) in [6, 6.07) is 16.1. The molecule has 0 spiro atoms. The van der Waals surface area contributed by atoms with Gasteiger partial charge in [-0.15, -0.1) is 0 Å². The van der Waals surface area contributed by atoms with E-state index in [0.717, 1.165) is 5.56 Å². The number of nitrogens with one attached hydrogen (secondary N) is 1. The maximum absolute atomic E-state index is 11.7. The van der Waals surface area contributed by atoms with Gasteiger partial charge in [-0.1, -0.05) is 60.1 Å². The van der Waals surface area contributed by atoms with Crippen molar-refractivity contribution >= 4 is 20.9 Å². The molecule has 20 heavy (non-hydrogen) atoms. The minimum Gasteiger partial charge on any atom is -0.323 e. The molecular weight excluding hydrogens is 272 g/mol. The lowest BCUT2D eigenvalue weighted by Crippen LogP contribution is -2.26. The standard InChI is InChI=1S/C14H15BNO3P/c15-13-9-5-4-8-12(13)14(20(17,18)19)16-10-11-6-2-1-3-7-11/h1-9,14,16H,10H2,(H2,17,18,19). The summed E-state index contributed by atoms with van der Waals surface area (Å²) in [7, 11) is 1.45. The number of hydrogen-bond acceptors (Lipinski definition) is 2. The van der Waals surface area contributed by atoms with Crippen LogP contribution in [0.3, 0.4) is 0 Å². The fraction of sp³-hybridized carbons (Fsp3) is 0.143. The van der Waals surface area contributed by atoms with Crippen molar-refractivity contribution in [2.45, 2.75) is 12.3 Å². The Labute approximate surface area is 119 Å². The molecule has 2 rings (SSSR count). The van der Waals surface area contributed by atoms with Crippen molar-refractivity contribution in [3.05, 3.63) is 65.7 Å². The number of rotatable bonds is 5. The van der Waals surface area contributed by atoms with Gasteiger partial charge in [-0.25, -0.2) is 0 Å². The topological polar surface area (TPSA) is 69.6 Å². The third kappa shape index (κ3) is 3.81. The molecule has 102 valence electrons. The van der Waals surface area contributed by atoms with Crippen LogP contribution >= 0.6 is 7.60 Å². The van der Waals surface area contributed by atoms with E-state index in [9.17, 15) is 14.4 Å². The zero-order chi connectivity index (χ0) is 14.6. The minimum absolute atomic E-state index is 0.352. The van der Waals surface area contributed by atoms with E-state index in [1.165, 1.54) is 0 Å². The van der Waals surface area contributed by atoms with Crippen LogP contribution in [0.1, 0.15) is 16.9 Å². The first-order valence-electron chi connectivity index (χ1n) is 6.15. The first kappa shape index (κ1) is 15.0. The largest absolute Gasteiger partial charge is 0.346 e. The molecule has 0 saturated carbocycles. The highest BCUT2D eigenvalue weighted by Gasteiger charge is 2.30. The predicted octanol–water partition coefficient (Wildman–Crippen LogP) is 1.45. The van der Waals surface area contributed by atoms with Crippen LogP contribution in [0.2, 0.25) is 0 Å². The fourth-order valence-corrected chi connectivity index (χ4v) is 2.91. The average molecular weight is 287 g/mol. The highest BCUT2D eigenvalue weighted by Crippen LogP contribution is 2.49. The Bertz CT molecular complexity index is 615. The molecule has 1 unspecified atom stereocenters. The van der Waals surface area contributed by atoms with Crippen molar-refractivity contribution in [1.82, 2.24) is 5.32 Å². The first-order valence-corrected chi connectivity index (χ1v) is 7.83. The van der Waals surface area contributed by atoms with Gasteiger partial charge in [0.15, 0.2) is 0 Å². The molecule has 1 atom stereocenters. The summed E-state index contributed by atoms with van der Waals surface area (Å²) in [6.07, 6.45) is 0. The minimum atomic E-state index is -4.35. The van der Waals surface area contributed by atoms with Gasteiger partial charge in [0.2, 0.25) is 0 Å². The van der Waals surface area contributed by atoms with Gasteiger partial charge >= 0.3 is 7.60 Å². The molecule has 0 aliphatic carbocycles. The highest BCUT2D eigenvalue weighted by atomic mass is 31.2. The molecule has 2 radical (unpaired) electrons. The lowest BCUT2D eigenvalue weighted by molar-refractivity contribution is 0.347. The molecule has 0 heterocycles. The van der Waals surface area contributed by atoms with E-state index >= 15 is 0 Å². The summed E-state index contributed by atoms with van der Waals surface area (Å²) in [5, 5.41) is 2.89. The van der Waals surface area contributed by atoms with E-state index in [1.807, 2.05) is 30.3 Å². The van der Waals surface area contributed by atoms with Gasteiger partial charge in [0.05, 0.1) is 0 Å². The van der Waals surface area contributed by atoms with Crippen LogP contribution in [-0.4, -0.2) is 17.6 Å².